The Morgan fingerprint density at radius 3 is 2.22 bits per heavy atom. The number of likely N-dealkylation sites (N-methyl/N-ethyl adjacent to an activating group) is 1. The molecule has 0 aromatic heterocycles. The second kappa shape index (κ2) is 7.78. The molecule has 18 heavy (non-hydrogen) atoms. The van der Waals surface area contributed by atoms with Crippen LogP contribution in [-0.4, -0.2) is 43.2 Å². The third kappa shape index (κ3) is 4.27. The van der Waals surface area contributed by atoms with Crippen LogP contribution >= 0.6 is 0 Å². The van der Waals surface area contributed by atoms with E-state index >= 15 is 0 Å². The number of nitrogens with zero attached hydrogens (tertiary/aromatic N) is 1. The number of quaternary nitrogens is 1. The molecule has 0 aliphatic heterocycles. The summed E-state index contributed by atoms with van der Waals surface area (Å²) in [7, 11) is 0. The molecule has 0 bridgehead atoms. The maximum atomic E-state index is 11.8. The van der Waals surface area contributed by atoms with Crippen molar-refractivity contribution in [3.8, 4) is 0 Å². The summed E-state index contributed by atoms with van der Waals surface area (Å²) in [5, 5.41) is 0. The van der Waals surface area contributed by atoms with Gasteiger partial charge in [-0.05, 0) is 33.1 Å². The van der Waals surface area contributed by atoms with Gasteiger partial charge in [-0.25, -0.2) is 0 Å². The van der Waals surface area contributed by atoms with Crippen LogP contribution in [0.5, 0.6) is 0 Å². The minimum atomic E-state index is 0.0503. The molecule has 3 nitrogen and oxygen atoms in total. The minimum absolute atomic E-state index is 0.0503. The zero-order valence-electron chi connectivity index (χ0n) is 12.4. The van der Waals surface area contributed by atoms with Crippen LogP contribution in [0.1, 0.15) is 52.9 Å². The number of esters is 1. The first-order valence-corrected chi connectivity index (χ1v) is 7.69. The number of carbonyl (C=O) groups is 1. The van der Waals surface area contributed by atoms with Crippen molar-refractivity contribution in [3.63, 3.8) is 0 Å². The Morgan fingerprint density at radius 2 is 1.72 bits per heavy atom. The Morgan fingerprint density at radius 1 is 1.11 bits per heavy atom. The zero-order valence-corrected chi connectivity index (χ0v) is 12.4. The Hall–Kier alpha value is -0.570. The van der Waals surface area contributed by atoms with Crippen molar-refractivity contribution in [2.75, 3.05) is 32.8 Å². The van der Waals surface area contributed by atoms with Crippen LogP contribution in [0, 0.1) is 5.92 Å². The second-order valence-corrected chi connectivity index (χ2v) is 5.57. The third-order valence-corrected chi connectivity index (χ3v) is 4.54. The Bertz CT molecular complexity index is 243. The summed E-state index contributed by atoms with van der Waals surface area (Å²) in [6.07, 6.45) is 5.65. The average Bonchev–Trinajstić information content (AvgIpc) is 2.91. The summed E-state index contributed by atoms with van der Waals surface area (Å²) in [5.41, 5.74) is 0. The first-order chi connectivity index (χ1) is 8.67. The molecule has 0 heterocycles. The highest BCUT2D eigenvalue weighted by Crippen LogP contribution is 2.25. The van der Waals surface area contributed by atoms with Gasteiger partial charge in [0.25, 0.3) is 0 Å². The number of hydrogen-bond donors (Lipinski definition) is 0. The molecular formula is C15H30NO2+. The van der Waals surface area contributed by atoms with E-state index in [0.29, 0.717) is 6.61 Å². The quantitative estimate of drug-likeness (QED) is 0.493. The van der Waals surface area contributed by atoms with Crippen LogP contribution in [0.2, 0.25) is 0 Å². The van der Waals surface area contributed by atoms with Crippen LogP contribution in [0.3, 0.4) is 0 Å². The fraction of sp³-hybridized carbons (Fsp3) is 0.933. The fourth-order valence-corrected chi connectivity index (χ4v) is 3.06. The van der Waals surface area contributed by atoms with Crippen molar-refractivity contribution in [1.29, 1.82) is 0 Å². The molecule has 0 N–H and O–H groups in total. The van der Waals surface area contributed by atoms with Crippen molar-refractivity contribution >= 4 is 5.97 Å². The number of hydrogen-bond acceptors (Lipinski definition) is 2. The van der Waals surface area contributed by atoms with Crippen LogP contribution in [0.25, 0.3) is 0 Å². The maximum absolute atomic E-state index is 11.8. The van der Waals surface area contributed by atoms with E-state index in [2.05, 4.69) is 20.8 Å². The molecule has 0 saturated heterocycles. The van der Waals surface area contributed by atoms with Gasteiger partial charge in [0.05, 0.1) is 25.6 Å². The van der Waals surface area contributed by atoms with E-state index < -0.39 is 0 Å². The topological polar surface area (TPSA) is 26.3 Å². The molecule has 1 fully saturated rings. The van der Waals surface area contributed by atoms with Crippen LogP contribution in [-0.2, 0) is 9.53 Å². The Labute approximate surface area is 112 Å². The lowest BCUT2D eigenvalue weighted by molar-refractivity contribution is -0.925. The van der Waals surface area contributed by atoms with Gasteiger partial charge in [0.15, 0.2) is 0 Å². The number of rotatable bonds is 8. The lowest BCUT2D eigenvalue weighted by Gasteiger charge is -2.36. The highest BCUT2D eigenvalue weighted by Gasteiger charge is 2.26. The predicted octanol–water partition coefficient (Wildman–Crippen LogP) is 2.99. The smallest absolute Gasteiger partial charge is 0.309 e. The van der Waals surface area contributed by atoms with E-state index in [1.165, 1.54) is 25.8 Å². The summed E-state index contributed by atoms with van der Waals surface area (Å²) in [5.74, 6) is 0.246. The van der Waals surface area contributed by atoms with Crippen LogP contribution in [0.15, 0.2) is 0 Å². The van der Waals surface area contributed by atoms with Crippen molar-refractivity contribution < 1.29 is 14.0 Å². The van der Waals surface area contributed by atoms with Crippen LogP contribution < -0.4 is 0 Å². The summed E-state index contributed by atoms with van der Waals surface area (Å²) < 4.78 is 6.55. The maximum Gasteiger partial charge on any atom is 0.309 e. The molecule has 1 aliphatic rings. The molecule has 0 radical (unpaired) electrons. The molecule has 0 aromatic rings. The highest BCUT2D eigenvalue weighted by atomic mass is 16.5. The van der Waals surface area contributed by atoms with Gasteiger partial charge in [-0.2, -0.15) is 0 Å². The SMILES string of the molecule is CCC[N+](CC)(CC)CCOC(=O)C1CCCC1. The monoisotopic (exact) mass is 256 g/mol. The van der Waals surface area contributed by atoms with Gasteiger partial charge >= 0.3 is 5.97 Å². The average molecular weight is 256 g/mol. The largest absolute Gasteiger partial charge is 0.459 e. The minimum Gasteiger partial charge on any atom is -0.459 e. The normalized spacial score (nSPS) is 17.1. The lowest BCUT2D eigenvalue weighted by Crippen LogP contribution is -2.50. The molecular weight excluding hydrogens is 226 g/mol. The van der Waals surface area contributed by atoms with E-state index in [-0.39, 0.29) is 11.9 Å². The van der Waals surface area contributed by atoms with Crippen molar-refractivity contribution in [2.45, 2.75) is 52.9 Å². The molecule has 1 rings (SSSR count). The van der Waals surface area contributed by atoms with E-state index in [4.69, 9.17) is 4.74 Å². The van der Waals surface area contributed by atoms with Crippen molar-refractivity contribution in [3.05, 3.63) is 0 Å². The zero-order chi connectivity index (χ0) is 13.4. The van der Waals surface area contributed by atoms with E-state index in [0.717, 1.165) is 37.0 Å². The van der Waals surface area contributed by atoms with Gasteiger partial charge in [0.1, 0.15) is 13.2 Å². The fourth-order valence-electron chi connectivity index (χ4n) is 3.06. The molecule has 0 atom stereocenters. The summed E-state index contributed by atoms with van der Waals surface area (Å²) >= 11 is 0. The standard InChI is InChI=1S/C15H30NO2/c1-4-11-16(5-2,6-3)12-13-18-15(17)14-9-7-8-10-14/h14H,4-13H2,1-3H3/q+1. The Kier molecular flexibility index (Phi) is 6.69. The molecule has 3 heteroatoms. The van der Waals surface area contributed by atoms with E-state index in [9.17, 15) is 4.79 Å². The summed E-state index contributed by atoms with van der Waals surface area (Å²) in [4.78, 5) is 11.8. The Balaban J connectivity index is 2.31. The first-order valence-electron chi connectivity index (χ1n) is 7.69. The molecule has 106 valence electrons. The third-order valence-electron chi connectivity index (χ3n) is 4.54. The van der Waals surface area contributed by atoms with Gasteiger partial charge in [-0.15, -0.1) is 0 Å². The molecule has 1 aliphatic carbocycles. The molecule has 0 amide bonds. The highest BCUT2D eigenvalue weighted by molar-refractivity contribution is 5.72. The predicted molar refractivity (Wildman–Crippen MR) is 74.3 cm³/mol. The van der Waals surface area contributed by atoms with Gasteiger partial charge < -0.3 is 9.22 Å². The van der Waals surface area contributed by atoms with E-state index in [1.807, 2.05) is 0 Å². The molecule has 1 saturated carbocycles. The second-order valence-electron chi connectivity index (χ2n) is 5.57. The van der Waals surface area contributed by atoms with E-state index in [1.54, 1.807) is 0 Å². The summed E-state index contributed by atoms with van der Waals surface area (Å²) in [6.45, 7) is 11.7. The van der Waals surface area contributed by atoms with Gasteiger partial charge in [-0.1, -0.05) is 19.8 Å². The number of carbonyl (C=O) groups excluding carboxylic acids is 1. The molecule has 0 unspecified atom stereocenters. The van der Waals surface area contributed by atoms with Crippen molar-refractivity contribution in [1.82, 2.24) is 0 Å². The molecule has 0 spiro atoms. The number of ether oxygens (including phenoxy) is 1. The van der Waals surface area contributed by atoms with Gasteiger partial charge in [0, 0.05) is 0 Å². The first kappa shape index (κ1) is 15.5. The lowest BCUT2D eigenvalue weighted by atomic mass is 10.1. The van der Waals surface area contributed by atoms with Gasteiger partial charge in [-0.3, -0.25) is 4.79 Å². The van der Waals surface area contributed by atoms with Crippen molar-refractivity contribution in [2.24, 2.45) is 5.92 Å². The summed E-state index contributed by atoms with van der Waals surface area (Å²) in [6, 6.07) is 0. The van der Waals surface area contributed by atoms with Crippen LogP contribution in [0.4, 0.5) is 0 Å². The molecule has 0 aromatic carbocycles. The van der Waals surface area contributed by atoms with Gasteiger partial charge in [0.2, 0.25) is 0 Å².